The summed E-state index contributed by atoms with van der Waals surface area (Å²) in [6, 6.07) is 15.9. The first kappa shape index (κ1) is 12.9. The molecule has 0 aliphatic carbocycles. The van der Waals surface area contributed by atoms with E-state index < -0.39 is 0 Å². The van der Waals surface area contributed by atoms with E-state index in [1.807, 2.05) is 48.5 Å². The predicted octanol–water partition coefficient (Wildman–Crippen LogP) is 5.39. The van der Waals surface area contributed by atoms with E-state index in [2.05, 4.69) is 43.5 Å². The van der Waals surface area contributed by atoms with Crippen LogP contribution in [0.4, 0.5) is 0 Å². The molecule has 1 aromatic heterocycles. The Morgan fingerprint density at radius 2 is 1.84 bits per heavy atom. The molecule has 0 saturated heterocycles. The Labute approximate surface area is 133 Å². The summed E-state index contributed by atoms with van der Waals surface area (Å²) in [5.41, 5.74) is 0. The molecule has 2 nitrogen and oxygen atoms in total. The zero-order chi connectivity index (χ0) is 13.2. The number of hydrogen-bond acceptors (Lipinski definition) is 2. The highest BCUT2D eigenvalue weighted by Crippen LogP contribution is 2.31. The van der Waals surface area contributed by atoms with Gasteiger partial charge in [-0.25, -0.2) is 4.98 Å². The highest BCUT2D eigenvalue weighted by Gasteiger charge is 2.07. The summed E-state index contributed by atoms with van der Waals surface area (Å²) in [5.74, 6) is 1.42. The van der Waals surface area contributed by atoms with Gasteiger partial charge in [-0.15, -0.1) is 0 Å². The second-order valence-corrected chi connectivity index (χ2v) is 6.11. The Balaban J connectivity index is 2.08. The number of rotatable bonds is 2. The van der Waals surface area contributed by atoms with Crippen LogP contribution < -0.4 is 4.74 Å². The van der Waals surface area contributed by atoms with E-state index in [0.29, 0.717) is 5.88 Å². The van der Waals surface area contributed by atoms with Gasteiger partial charge in [-0.2, -0.15) is 0 Å². The van der Waals surface area contributed by atoms with Gasteiger partial charge in [-0.05, 0) is 59.0 Å². The first-order valence-corrected chi connectivity index (χ1v) is 7.58. The summed E-state index contributed by atoms with van der Waals surface area (Å²) in [7, 11) is 0. The first-order valence-electron chi connectivity index (χ1n) is 5.71. The lowest BCUT2D eigenvalue weighted by molar-refractivity contribution is 0.469. The van der Waals surface area contributed by atoms with E-state index >= 15 is 0 Å². The third-order valence-electron chi connectivity index (χ3n) is 2.73. The van der Waals surface area contributed by atoms with Gasteiger partial charge in [-0.3, -0.25) is 0 Å². The van der Waals surface area contributed by atoms with Gasteiger partial charge in [0.1, 0.15) is 5.75 Å². The Bertz CT molecular complexity index is 745. The van der Waals surface area contributed by atoms with Crippen LogP contribution in [-0.2, 0) is 0 Å². The molecule has 94 valence electrons. The van der Waals surface area contributed by atoms with Crippen LogP contribution in [-0.4, -0.2) is 4.98 Å². The molecule has 0 radical (unpaired) electrons. The molecule has 1 heterocycles. The number of ether oxygens (including phenoxy) is 1. The fraction of sp³-hybridized carbons (Fsp3) is 0. The van der Waals surface area contributed by atoms with E-state index in [-0.39, 0.29) is 0 Å². The molecule has 19 heavy (non-hydrogen) atoms. The summed E-state index contributed by atoms with van der Waals surface area (Å²) < 4.78 is 8.07. The molecule has 0 amide bonds. The summed E-state index contributed by atoms with van der Waals surface area (Å²) in [5, 5.41) is 2.09. The van der Waals surface area contributed by atoms with Gasteiger partial charge in [0.25, 0.3) is 0 Å². The maximum absolute atomic E-state index is 5.89. The zero-order valence-electron chi connectivity index (χ0n) is 9.81. The highest BCUT2D eigenvalue weighted by molar-refractivity contribution is 14.1. The van der Waals surface area contributed by atoms with Gasteiger partial charge in [0.05, 0.1) is 0 Å². The Kier molecular flexibility index (Phi) is 3.70. The van der Waals surface area contributed by atoms with Gasteiger partial charge < -0.3 is 4.74 Å². The fourth-order valence-corrected chi connectivity index (χ4v) is 2.88. The van der Waals surface area contributed by atoms with Crippen LogP contribution in [0.3, 0.4) is 0 Å². The van der Waals surface area contributed by atoms with Crippen molar-refractivity contribution in [1.29, 1.82) is 0 Å². The number of pyridine rings is 1. The fourth-order valence-electron chi connectivity index (χ4n) is 1.87. The van der Waals surface area contributed by atoms with Crippen LogP contribution in [0.15, 0.2) is 59.2 Å². The van der Waals surface area contributed by atoms with Crippen molar-refractivity contribution in [2.75, 3.05) is 0 Å². The molecule has 0 fully saturated rings. The van der Waals surface area contributed by atoms with Crippen molar-refractivity contribution < 1.29 is 4.74 Å². The van der Waals surface area contributed by atoms with Crippen molar-refractivity contribution in [3.05, 3.63) is 62.8 Å². The van der Waals surface area contributed by atoms with Crippen LogP contribution in [0, 0.1) is 3.57 Å². The van der Waals surface area contributed by atoms with Crippen molar-refractivity contribution in [2.24, 2.45) is 0 Å². The van der Waals surface area contributed by atoms with Gasteiger partial charge in [0.2, 0.25) is 5.88 Å². The topological polar surface area (TPSA) is 22.1 Å². The minimum Gasteiger partial charge on any atom is -0.438 e. The van der Waals surface area contributed by atoms with Crippen LogP contribution in [0.1, 0.15) is 0 Å². The molecule has 0 spiro atoms. The molecule has 3 rings (SSSR count). The number of fused-ring (bicyclic) bond motifs is 1. The maximum Gasteiger partial charge on any atom is 0.227 e. The first-order chi connectivity index (χ1) is 9.24. The van der Waals surface area contributed by atoms with E-state index in [1.54, 1.807) is 6.20 Å². The molecule has 0 aliphatic rings. The molecule has 0 bridgehead atoms. The summed E-state index contributed by atoms with van der Waals surface area (Å²) in [6.07, 6.45) is 1.76. The average molecular weight is 426 g/mol. The maximum atomic E-state index is 5.89. The average Bonchev–Trinajstić information content (AvgIpc) is 2.40. The minimum absolute atomic E-state index is 0.626. The van der Waals surface area contributed by atoms with Crippen LogP contribution in [0.25, 0.3) is 10.8 Å². The van der Waals surface area contributed by atoms with E-state index in [9.17, 15) is 0 Å². The lowest BCUT2D eigenvalue weighted by atomic mass is 10.2. The highest BCUT2D eigenvalue weighted by atomic mass is 127. The number of hydrogen-bond donors (Lipinski definition) is 0. The molecule has 3 aromatic rings. The van der Waals surface area contributed by atoms with Crippen molar-refractivity contribution in [3.63, 3.8) is 0 Å². The Hall–Kier alpha value is -1.14. The molecule has 2 aromatic carbocycles. The monoisotopic (exact) mass is 425 g/mol. The largest absolute Gasteiger partial charge is 0.438 e. The van der Waals surface area contributed by atoms with Gasteiger partial charge >= 0.3 is 0 Å². The third kappa shape index (κ3) is 2.74. The number of aromatic nitrogens is 1. The third-order valence-corrected chi connectivity index (χ3v) is 4.09. The second kappa shape index (κ2) is 5.46. The lowest BCUT2D eigenvalue weighted by Crippen LogP contribution is -1.90. The van der Waals surface area contributed by atoms with E-state index in [1.165, 1.54) is 0 Å². The summed E-state index contributed by atoms with van der Waals surface area (Å²) in [6.45, 7) is 0. The quantitative estimate of drug-likeness (QED) is 0.513. The molecular weight excluding hydrogens is 417 g/mol. The van der Waals surface area contributed by atoms with Gasteiger partial charge in [0.15, 0.2) is 0 Å². The van der Waals surface area contributed by atoms with Crippen molar-refractivity contribution in [2.45, 2.75) is 0 Å². The zero-order valence-corrected chi connectivity index (χ0v) is 13.6. The van der Waals surface area contributed by atoms with Crippen molar-refractivity contribution >= 4 is 49.3 Å². The second-order valence-electron chi connectivity index (χ2n) is 4.01. The molecule has 0 atom stereocenters. The standard InChI is InChI=1S/C15H9BrINO/c16-14-6-2-5-13-12(14)7-8-18-15(13)19-11-4-1-3-10(17)9-11/h1-9H. The van der Waals surface area contributed by atoms with Crippen LogP contribution >= 0.6 is 38.5 Å². The molecular formula is C15H9BrINO. The number of nitrogens with zero attached hydrogens (tertiary/aromatic N) is 1. The molecule has 0 unspecified atom stereocenters. The number of benzene rings is 2. The predicted molar refractivity (Wildman–Crippen MR) is 88.7 cm³/mol. The van der Waals surface area contributed by atoms with E-state index in [4.69, 9.17) is 4.74 Å². The van der Waals surface area contributed by atoms with E-state index in [0.717, 1.165) is 24.6 Å². The lowest BCUT2D eigenvalue weighted by Gasteiger charge is -2.08. The normalized spacial score (nSPS) is 10.6. The number of halogens is 2. The van der Waals surface area contributed by atoms with Crippen LogP contribution in [0.5, 0.6) is 11.6 Å². The van der Waals surface area contributed by atoms with Crippen LogP contribution in [0.2, 0.25) is 0 Å². The molecule has 0 aliphatic heterocycles. The Morgan fingerprint density at radius 3 is 2.68 bits per heavy atom. The smallest absolute Gasteiger partial charge is 0.227 e. The Morgan fingerprint density at radius 1 is 1.00 bits per heavy atom. The summed E-state index contributed by atoms with van der Waals surface area (Å²) in [4.78, 5) is 4.33. The molecule has 0 saturated carbocycles. The molecule has 0 N–H and O–H groups in total. The minimum atomic E-state index is 0.626. The van der Waals surface area contributed by atoms with Gasteiger partial charge in [-0.1, -0.05) is 28.1 Å². The van der Waals surface area contributed by atoms with Crippen molar-refractivity contribution in [1.82, 2.24) is 4.98 Å². The van der Waals surface area contributed by atoms with Gasteiger partial charge in [0, 0.05) is 25.0 Å². The summed E-state index contributed by atoms with van der Waals surface area (Å²) >= 11 is 5.81. The molecule has 4 heteroatoms. The SMILES string of the molecule is Brc1cccc2c(Oc3cccc(I)c3)nccc12. The van der Waals surface area contributed by atoms with Crippen molar-refractivity contribution in [3.8, 4) is 11.6 Å².